The zero-order valence-electron chi connectivity index (χ0n) is 10.4. The minimum absolute atomic E-state index is 0.0356. The van der Waals surface area contributed by atoms with Crippen LogP contribution in [0.25, 0.3) is 0 Å². The predicted molar refractivity (Wildman–Crippen MR) is 69.7 cm³/mol. The Morgan fingerprint density at radius 3 is 2.61 bits per heavy atom. The Morgan fingerprint density at radius 1 is 1.39 bits per heavy atom. The van der Waals surface area contributed by atoms with Crippen molar-refractivity contribution < 1.29 is 14.7 Å². The van der Waals surface area contributed by atoms with E-state index in [-0.39, 0.29) is 23.7 Å². The van der Waals surface area contributed by atoms with Crippen molar-refractivity contribution in [3.63, 3.8) is 0 Å². The van der Waals surface area contributed by atoms with Gasteiger partial charge in [-0.1, -0.05) is 0 Å². The number of amides is 1. The summed E-state index contributed by atoms with van der Waals surface area (Å²) in [6.45, 7) is 4.20. The lowest BCUT2D eigenvalue weighted by atomic mass is 10.1. The van der Waals surface area contributed by atoms with Crippen LogP contribution >= 0.6 is 0 Å². The molecule has 5 N–H and O–H groups in total. The zero-order valence-corrected chi connectivity index (χ0v) is 10.4. The first-order valence-electron chi connectivity index (χ1n) is 5.59. The fourth-order valence-electron chi connectivity index (χ4n) is 1.52. The van der Waals surface area contributed by atoms with Crippen LogP contribution in [0, 0.1) is 6.92 Å². The lowest BCUT2D eigenvalue weighted by Crippen LogP contribution is -2.29. The third-order valence-electron chi connectivity index (χ3n) is 2.44. The normalized spacial score (nSPS) is 9.89. The van der Waals surface area contributed by atoms with Gasteiger partial charge in [0.2, 0.25) is 5.91 Å². The molecule has 1 rings (SSSR count). The van der Waals surface area contributed by atoms with E-state index in [1.165, 1.54) is 6.07 Å². The Balaban J connectivity index is 2.84. The number of carboxylic acid groups (broad SMARTS) is 1. The molecular weight excluding hydrogens is 234 g/mol. The summed E-state index contributed by atoms with van der Waals surface area (Å²) in [4.78, 5) is 22.3. The monoisotopic (exact) mass is 251 g/mol. The second kappa shape index (κ2) is 5.90. The fraction of sp³-hybridized carbons (Fsp3) is 0.333. The smallest absolute Gasteiger partial charge is 0.337 e. The van der Waals surface area contributed by atoms with Crippen molar-refractivity contribution in [3.05, 3.63) is 23.3 Å². The molecule has 0 aromatic heterocycles. The highest BCUT2D eigenvalue weighted by molar-refractivity contribution is 5.96. The van der Waals surface area contributed by atoms with Gasteiger partial charge in [-0.2, -0.15) is 0 Å². The maximum absolute atomic E-state index is 11.3. The van der Waals surface area contributed by atoms with Crippen molar-refractivity contribution in [2.45, 2.75) is 13.8 Å². The number of nitrogens with one attached hydrogen (secondary N) is 2. The van der Waals surface area contributed by atoms with E-state index in [4.69, 9.17) is 10.8 Å². The summed E-state index contributed by atoms with van der Waals surface area (Å²) in [7, 11) is 0. The molecule has 0 aliphatic rings. The molecule has 6 heteroatoms. The Labute approximate surface area is 105 Å². The zero-order chi connectivity index (χ0) is 13.7. The summed E-state index contributed by atoms with van der Waals surface area (Å²) in [5.41, 5.74) is 7.17. The van der Waals surface area contributed by atoms with Crippen molar-refractivity contribution >= 4 is 23.3 Å². The Morgan fingerprint density at radius 2 is 2.06 bits per heavy atom. The second-order valence-electron chi connectivity index (χ2n) is 3.87. The molecule has 98 valence electrons. The van der Waals surface area contributed by atoms with E-state index in [1.807, 2.05) is 6.92 Å². The molecule has 1 aromatic rings. The third-order valence-corrected chi connectivity index (χ3v) is 2.44. The topological polar surface area (TPSA) is 104 Å². The van der Waals surface area contributed by atoms with Gasteiger partial charge >= 0.3 is 5.97 Å². The summed E-state index contributed by atoms with van der Waals surface area (Å²) in [6.07, 6.45) is 0. The van der Waals surface area contributed by atoms with Crippen molar-refractivity contribution in [2.75, 3.05) is 24.1 Å². The molecule has 0 saturated heterocycles. The summed E-state index contributed by atoms with van der Waals surface area (Å²) in [6, 6.07) is 3.13. The highest BCUT2D eigenvalue weighted by Gasteiger charge is 2.12. The maximum Gasteiger partial charge on any atom is 0.337 e. The van der Waals surface area contributed by atoms with E-state index in [0.29, 0.717) is 17.8 Å². The molecule has 0 bridgehead atoms. The first kappa shape index (κ1) is 13.8. The molecule has 0 unspecified atom stereocenters. The molecule has 1 aromatic carbocycles. The van der Waals surface area contributed by atoms with Crippen LogP contribution in [-0.2, 0) is 4.79 Å². The number of aryl methyl sites for hydroxylation is 1. The average Bonchev–Trinajstić information content (AvgIpc) is 2.30. The standard InChI is InChI=1S/C12H17N3O3/c1-3-14-10(16)6-15-8-4-7(2)11(13)9(5-8)12(17)18/h4-5,15H,3,6,13H2,1-2H3,(H,14,16)(H,17,18). The Hall–Kier alpha value is -2.24. The largest absolute Gasteiger partial charge is 0.478 e. The number of likely N-dealkylation sites (N-methyl/N-ethyl adjacent to an activating group) is 1. The summed E-state index contributed by atoms with van der Waals surface area (Å²) in [5, 5.41) is 14.5. The minimum atomic E-state index is -1.09. The van der Waals surface area contributed by atoms with Gasteiger partial charge in [0.15, 0.2) is 0 Å². The number of carboxylic acids is 1. The van der Waals surface area contributed by atoms with Gasteiger partial charge in [-0.25, -0.2) is 4.79 Å². The van der Waals surface area contributed by atoms with E-state index in [2.05, 4.69) is 10.6 Å². The van der Waals surface area contributed by atoms with Gasteiger partial charge in [-0.3, -0.25) is 4.79 Å². The number of benzene rings is 1. The SMILES string of the molecule is CCNC(=O)CNc1cc(C)c(N)c(C(=O)O)c1. The first-order chi connectivity index (χ1) is 8.45. The van der Waals surface area contributed by atoms with E-state index >= 15 is 0 Å². The molecule has 0 fully saturated rings. The summed E-state index contributed by atoms with van der Waals surface area (Å²) < 4.78 is 0. The molecule has 0 aliphatic carbocycles. The Kier molecular flexibility index (Phi) is 4.53. The van der Waals surface area contributed by atoms with Crippen molar-refractivity contribution in [2.24, 2.45) is 0 Å². The van der Waals surface area contributed by atoms with E-state index in [9.17, 15) is 9.59 Å². The summed E-state index contributed by atoms with van der Waals surface area (Å²) in [5.74, 6) is -1.24. The number of nitrogen functional groups attached to an aromatic ring is 1. The fourth-order valence-corrected chi connectivity index (χ4v) is 1.52. The van der Waals surface area contributed by atoms with Crippen LogP contribution in [0.4, 0.5) is 11.4 Å². The number of hydrogen-bond donors (Lipinski definition) is 4. The van der Waals surface area contributed by atoms with Crippen molar-refractivity contribution in [3.8, 4) is 0 Å². The third kappa shape index (κ3) is 3.38. The van der Waals surface area contributed by atoms with Gasteiger partial charge in [0.1, 0.15) is 0 Å². The number of carbonyl (C=O) groups excluding carboxylic acids is 1. The number of nitrogens with two attached hydrogens (primary N) is 1. The molecule has 6 nitrogen and oxygen atoms in total. The van der Waals surface area contributed by atoms with Crippen LogP contribution in [0.15, 0.2) is 12.1 Å². The first-order valence-corrected chi connectivity index (χ1v) is 5.59. The molecule has 1 amide bonds. The van der Waals surface area contributed by atoms with E-state index < -0.39 is 5.97 Å². The van der Waals surface area contributed by atoms with Crippen LogP contribution in [-0.4, -0.2) is 30.1 Å². The van der Waals surface area contributed by atoms with Crippen LogP contribution in [0.1, 0.15) is 22.8 Å². The quantitative estimate of drug-likeness (QED) is 0.580. The Bertz CT molecular complexity index is 472. The van der Waals surface area contributed by atoms with Gasteiger partial charge in [-0.15, -0.1) is 0 Å². The van der Waals surface area contributed by atoms with Crippen LogP contribution in [0.3, 0.4) is 0 Å². The maximum atomic E-state index is 11.3. The van der Waals surface area contributed by atoms with Gasteiger partial charge < -0.3 is 21.5 Å². The minimum Gasteiger partial charge on any atom is -0.478 e. The molecule has 18 heavy (non-hydrogen) atoms. The molecule has 0 saturated carbocycles. The average molecular weight is 251 g/mol. The lowest BCUT2D eigenvalue weighted by molar-refractivity contribution is -0.119. The van der Waals surface area contributed by atoms with Crippen LogP contribution in [0.2, 0.25) is 0 Å². The van der Waals surface area contributed by atoms with Crippen LogP contribution < -0.4 is 16.4 Å². The lowest BCUT2D eigenvalue weighted by Gasteiger charge is -2.11. The van der Waals surface area contributed by atoms with Crippen molar-refractivity contribution in [1.29, 1.82) is 0 Å². The van der Waals surface area contributed by atoms with Gasteiger partial charge in [0.25, 0.3) is 0 Å². The predicted octanol–water partition coefficient (Wildman–Crippen LogP) is 0.823. The number of rotatable bonds is 5. The van der Waals surface area contributed by atoms with Crippen molar-refractivity contribution in [1.82, 2.24) is 5.32 Å². The molecule has 0 spiro atoms. The molecular formula is C12H17N3O3. The van der Waals surface area contributed by atoms with Crippen LogP contribution in [0.5, 0.6) is 0 Å². The van der Waals surface area contributed by atoms with Gasteiger partial charge in [0.05, 0.1) is 12.1 Å². The second-order valence-corrected chi connectivity index (χ2v) is 3.87. The highest BCUT2D eigenvalue weighted by atomic mass is 16.4. The van der Waals surface area contributed by atoms with Gasteiger partial charge in [-0.05, 0) is 31.5 Å². The number of aromatic carboxylic acids is 1. The molecule has 0 heterocycles. The molecule has 0 aliphatic heterocycles. The van der Waals surface area contributed by atoms with E-state index in [1.54, 1.807) is 13.0 Å². The molecule has 0 atom stereocenters. The highest BCUT2D eigenvalue weighted by Crippen LogP contribution is 2.22. The number of hydrogen-bond acceptors (Lipinski definition) is 4. The summed E-state index contributed by atoms with van der Waals surface area (Å²) >= 11 is 0. The van der Waals surface area contributed by atoms with E-state index in [0.717, 1.165) is 0 Å². The van der Waals surface area contributed by atoms with Gasteiger partial charge in [0, 0.05) is 17.9 Å². The number of anilines is 2. The number of carbonyl (C=O) groups is 2. The molecule has 0 radical (unpaired) electrons.